The quantitative estimate of drug-likeness (QED) is 0.628. The Morgan fingerprint density at radius 2 is 2.30 bits per heavy atom. The topological polar surface area (TPSA) is 105 Å². The Morgan fingerprint density at radius 1 is 1.55 bits per heavy atom. The van der Waals surface area contributed by atoms with Gasteiger partial charge in [-0.1, -0.05) is 6.42 Å². The van der Waals surface area contributed by atoms with E-state index in [2.05, 4.69) is 26.2 Å². The van der Waals surface area contributed by atoms with Crippen LogP contribution < -0.4 is 5.32 Å². The van der Waals surface area contributed by atoms with Gasteiger partial charge in [-0.05, 0) is 34.7 Å². The summed E-state index contributed by atoms with van der Waals surface area (Å²) in [6.07, 6.45) is 5.01. The Hall–Kier alpha value is -1.70. The fraction of sp³-hybridized carbons (Fsp3) is 0.500. The Bertz CT molecular complexity index is 537. The molecule has 8 heteroatoms. The second kappa shape index (κ2) is 6.17. The molecule has 1 aromatic rings. The van der Waals surface area contributed by atoms with Crippen LogP contribution >= 0.6 is 15.9 Å². The molecule has 1 heterocycles. The van der Waals surface area contributed by atoms with Crippen LogP contribution in [0.15, 0.2) is 16.9 Å². The third-order valence-corrected chi connectivity index (χ3v) is 4.19. The minimum Gasteiger partial charge on any atom is -0.481 e. The van der Waals surface area contributed by atoms with E-state index >= 15 is 0 Å². The van der Waals surface area contributed by atoms with E-state index in [1.165, 1.54) is 12.4 Å². The molecule has 0 bridgehead atoms. The van der Waals surface area contributed by atoms with Crippen molar-refractivity contribution in [1.82, 2.24) is 4.98 Å². The monoisotopic (exact) mass is 343 g/mol. The summed E-state index contributed by atoms with van der Waals surface area (Å²) in [6.45, 7) is 0.403. The van der Waals surface area contributed by atoms with Crippen molar-refractivity contribution in [3.05, 3.63) is 27.0 Å². The summed E-state index contributed by atoms with van der Waals surface area (Å²) in [5.41, 5.74) is 0.227. The number of carbonyl (C=O) groups is 1. The number of nitrogens with zero attached hydrogens (tertiary/aromatic N) is 2. The zero-order valence-corrected chi connectivity index (χ0v) is 12.2. The number of hydrogen-bond acceptors (Lipinski definition) is 5. The number of rotatable bonds is 5. The summed E-state index contributed by atoms with van der Waals surface area (Å²) in [5.74, 6) is -1.17. The fourth-order valence-electron chi connectivity index (χ4n) is 2.58. The Kier molecular flexibility index (Phi) is 4.53. The number of pyridine rings is 1. The molecule has 0 aromatic carbocycles. The van der Waals surface area contributed by atoms with Crippen LogP contribution in [0.2, 0.25) is 0 Å². The molecule has 0 radical (unpaired) electrons. The van der Waals surface area contributed by atoms with E-state index in [1.807, 2.05) is 0 Å². The van der Waals surface area contributed by atoms with Crippen LogP contribution in [-0.4, -0.2) is 27.5 Å². The standard InChI is InChI=1S/C12H14BrN3O4/c13-9-5-14-6-10(16(19)20)11(9)15-4-7-2-1-3-8(7)12(17)18/h5-8H,1-4H2,(H,14,15)(H,17,18). The van der Waals surface area contributed by atoms with Gasteiger partial charge in [-0.2, -0.15) is 0 Å². The number of nitrogens with one attached hydrogen (secondary N) is 1. The van der Waals surface area contributed by atoms with Crippen molar-refractivity contribution in [2.45, 2.75) is 19.3 Å². The Labute approximate surface area is 123 Å². The lowest BCUT2D eigenvalue weighted by Crippen LogP contribution is -2.24. The molecule has 1 aliphatic rings. The number of carboxylic acid groups (broad SMARTS) is 1. The molecule has 0 amide bonds. The van der Waals surface area contributed by atoms with Crippen molar-refractivity contribution >= 4 is 33.3 Å². The molecule has 108 valence electrons. The number of aromatic nitrogens is 1. The van der Waals surface area contributed by atoms with Gasteiger partial charge in [0.15, 0.2) is 0 Å². The molecule has 0 spiro atoms. The predicted molar refractivity (Wildman–Crippen MR) is 75.5 cm³/mol. The SMILES string of the molecule is O=C(O)C1CCCC1CNc1c(Br)cncc1[N+](=O)[O-]. The minimum atomic E-state index is -0.794. The van der Waals surface area contributed by atoms with Crippen molar-refractivity contribution in [1.29, 1.82) is 0 Å². The number of nitro groups is 1. The summed E-state index contributed by atoms with van der Waals surface area (Å²) < 4.78 is 0.497. The first-order valence-electron chi connectivity index (χ1n) is 6.25. The van der Waals surface area contributed by atoms with Gasteiger partial charge in [0, 0.05) is 12.7 Å². The third-order valence-electron chi connectivity index (χ3n) is 3.59. The average molecular weight is 344 g/mol. The molecule has 7 nitrogen and oxygen atoms in total. The van der Waals surface area contributed by atoms with Gasteiger partial charge in [0.05, 0.1) is 15.3 Å². The van der Waals surface area contributed by atoms with Crippen molar-refractivity contribution in [3.8, 4) is 0 Å². The molecule has 2 unspecified atom stereocenters. The van der Waals surface area contributed by atoms with Crippen molar-refractivity contribution in [2.24, 2.45) is 11.8 Å². The summed E-state index contributed by atoms with van der Waals surface area (Å²) in [6, 6.07) is 0. The van der Waals surface area contributed by atoms with Crippen LogP contribution in [0.5, 0.6) is 0 Å². The van der Waals surface area contributed by atoms with Crippen LogP contribution in [0.4, 0.5) is 11.4 Å². The van der Waals surface area contributed by atoms with E-state index in [0.29, 0.717) is 23.1 Å². The molecule has 0 aliphatic heterocycles. The predicted octanol–water partition coefficient (Wildman–Crippen LogP) is 2.67. The maximum absolute atomic E-state index is 11.1. The highest BCUT2D eigenvalue weighted by Crippen LogP contribution is 2.35. The zero-order valence-electron chi connectivity index (χ0n) is 10.6. The molecular formula is C12H14BrN3O4. The van der Waals surface area contributed by atoms with Gasteiger partial charge in [0.25, 0.3) is 0 Å². The van der Waals surface area contributed by atoms with Crippen LogP contribution in [0.25, 0.3) is 0 Å². The minimum absolute atomic E-state index is 0.00725. The van der Waals surface area contributed by atoms with E-state index in [0.717, 1.165) is 12.8 Å². The van der Waals surface area contributed by atoms with Gasteiger partial charge in [0.1, 0.15) is 11.9 Å². The van der Waals surface area contributed by atoms with E-state index in [-0.39, 0.29) is 17.5 Å². The molecule has 20 heavy (non-hydrogen) atoms. The fourth-order valence-corrected chi connectivity index (χ4v) is 3.04. The summed E-state index contributed by atoms with van der Waals surface area (Å²) in [5, 5.41) is 23.1. The normalized spacial score (nSPS) is 21.6. The second-order valence-corrected chi connectivity index (χ2v) is 5.64. The van der Waals surface area contributed by atoms with Crippen molar-refractivity contribution in [3.63, 3.8) is 0 Å². The van der Waals surface area contributed by atoms with Crippen molar-refractivity contribution in [2.75, 3.05) is 11.9 Å². The summed E-state index contributed by atoms with van der Waals surface area (Å²) in [4.78, 5) is 25.3. The van der Waals surface area contributed by atoms with Crippen LogP contribution in [0, 0.1) is 22.0 Å². The Balaban J connectivity index is 2.11. The van der Waals surface area contributed by atoms with E-state index in [1.54, 1.807) is 0 Å². The van der Waals surface area contributed by atoms with Crippen LogP contribution in [0.3, 0.4) is 0 Å². The molecule has 1 aromatic heterocycles. The smallest absolute Gasteiger partial charge is 0.311 e. The highest BCUT2D eigenvalue weighted by atomic mass is 79.9. The first-order chi connectivity index (χ1) is 9.50. The molecule has 0 saturated heterocycles. The second-order valence-electron chi connectivity index (χ2n) is 4.79. The van der Waals surface area contributed by atoms with Crippen LogP contribution in [-0.2, 0) is 4.79 Å². The van der Waals surface area contributed by atoms with Crippen molar-refractivity contribution < 1.29 is 14.8 Å². The lowest BCUT2D eigenvalue weighted by Gasteiger charge is -2.17. The first-order valence-corrected chi connectivity index (χ1v) is 7.04. The van der Waals surface area contributed by atoms with E-state index in [4.69, 9.17) is 5.11 Å². The van der Waals surface area contributed by atoms with Gasteiger partial charge in [0.2, 0.25) is 0 Å². The van der Waals surface area contributed by atoms with Gasteiger partial charge in [-0.15, -0.1) is 0 Å². The third kappa shape index (κ3) is 3.06. The lowest BCUT2D eigenvalue weighted by molar-refractivity contribution is -0.384. The number of carboxylic acids is 1. The number of anilines is 1. The maximum Gasteiger partial charge on any atom is 0.311 e. The zero-order chi connectivity index (χ0) is 14.7. The van der Waals surface area contributed by atoms with Gasteiger partial charge in [-0.3, -0.25) is 19.9 Å². The van der Waals surface area contributed by atoms with Crippen LogP contribution in [0.1, 0.15) is 19.3 Å². The molecule has 2 atom stereocenters. The average Bonchev–Trinajstić information content (AvgIpc) is 2.85. The van der Waals surface area contributed by atoms with Gasteiger partial charge < -0.3 is 10.4 Å². The molecule has 2 rings (SSSR count). The highest BCUT2D eigenvalue weighted by molar-refractivity contribution is 9.10. The summed E-state index contributed by atoms with van der Waals surface area (Å²) in [7, 11) is 0. The lowest BCUT2D eigenvalue weighted by atomic mass is 9.96. The molecule has 1 fully saturated rings. The van der Waals surface area contributed by atoms with E-state index < -0.39 is 10.9 Å². The molecule has 1 saturated carbocycles. The summed E-state index contributed by atoms with van der Waals surface area (Å²) >= 11 is 3.22. The Morgan fingerprint density at radius 3 is 2.95 bits per heavy atom. The number of hydrogen-bond donors (Lipinski definition) is 2. The number of halogens is 1. The maximum atomic E-state index is 11.1. The molecule has 1 aliphatic carbocycles. The number of aliphatic carboxylic acids is 1. The molecule has 2 N–H and O–H groups in total. The van der Waals surface area contributed by atoms with Gasteiger partial charge in [-0.25, -0.2) is 0 Å². The van der Waals surface area contributed by atoms with Gasteiger partial charge >= 0.3 is 11.7 Å². The largest absolute Gasteiger partial charge is 0.481 e. The van der Waals surface area contributed by atoms with E-state index in [9.17, 15) is 14.9 Å². The molecular weight excluding hydrogens is 330 g/mol. The first kappa shape index (κ1) is 14.7. The highest BCUT2D eigenvalue weighted by Gasteiger charge is 2.33.